The molecule has 10 heteroatoms. The summed E-state index contributed by atoms with van der Waals surface area (Å²) < 4.78 is 26.9. The van der Waals surface area contributed by atoms with Gasteiger partial charge in [-0.05, 0) is 12.5 Å². The zero-order valence-electron chi connectivity index (χ0n) is 14.4. The summed E-state index contributed by atoms with van der Waals surface area (Å²) >= 11 is 1.64. The van der Waals surface area contributed by atoms with Crippen molar-refractivity contribution in [1.82, 2.24) is 14.2 Å². The molecule has 1 aliphatic heterocycles. The van der Waals surface area contributed by atoms with Crippen LogP contribution in [0, 0.1) is 10.1 Å². The van der Waals surface area contributed by atoms with Gasteiger partial charge in [0, 0.05) is 44.2 Å². The molecule has 0 bridgehead atoms. The summed E-state index contributed by atoms with van der Waals surface area (Å²) in [4.78, 5) is 16.9. The summed E-state index contributed by atoms with van der Waals surface area (Å²) in [7, 11) is -3.88. The molecule has 0 spiro atoms. The van der Waals surface area contributed by atoms with Crippen molar-refractivity contribution >= 4 is 27.0 Å². The van der Waals surface area contributed by atoms with Crippen LogP contribution < -0.4 is 0 Å². The SMILES string of the molecule is CCc1nc(CN2CCN(S(=O)(=O)c3ccccc3[N+](=O)[O-])CC2)cs1. The van der Waals surface area contributed by atoms with Gasteiger partial charge in [-0.15, -0.1) is 11.3 Å². The van der Waals surface area contributed by atoms with Gasteiger partial charge in [0.1, 0.15) is 0 Å². The Kier molecular flexibility index (Phi) is 5.66. The Balaban J connectivity index is 1.68. The van der Waals surface area contributed by atoms with E-state index in [1.807, 2.05) is 5.38 Å². The van der Waals surface area contributed by atoms with Crippen LogP contribution in [0.2, 0.25) is 0 Å². The quantitative estimate of drug-likeness (QED) is 0.548. The predicted octanol–water partition coefficient (Wildman–Crippen LogP) is 2.12. The number of aryl methyl sites for hydroxylation is 1. The predicted molar refractivity (Wildman–Crippen MR) is 98.6 cm³/mol. The molecule has 0 radical (unpaired) electrons. The fourth-order valence-electron chi connectivity index (χ4n) is 2.91. The van der Waals surface area contributed by atoms with E-state index in [4.69, 9.17) is 0 Å². The lowest BCUT2D eigenvalue weighted by Gasteiger charge is -2.33. The molecule has 1 saturated heterocycles. The van der Waals surface area contributed by atoms with Crippen molar-refractivity contribution < 1.29 is 13.3 Å². The molecule has 26 heavy (non-hydrogen) atoms. The van der Waals surface area contributed by atoms with E-state index in [1.54, 1.807) is 11.3 Å². The summed E-state index contributed by atoms with van der Waals surface area (Å²) in [6.07, 6.45) is 0.909. The first-order valence-electron chi connectivity index (χ1n) is 8.31. The number of rotatable bonds is 6. The van der Waals surface area contributed by atoms with Crippen molar-refractivity contribution in [2.24, 2.45) is 0 Å². The molecule has 0 atom stereocenters. The lowest BCUT2D eigenvalue weighted by atomic mass is 10.3. The Hall–Kier alpha value is -1.88. The van der Waals surface area contributed by atoms with Gasteiger partial charge in [-0.3, -0.25) is 15.0 Å². The average Bonchev–Trinajstić information content (AvgIpc) is 3.09. The van der Waals surface area contributed by atoms with E-state index < -0.39 is 14.9 Å². The first kappa shape index (κ1) is 18.9. The number of thiazole rings is 1. The molecule has 2 aromatic rings. The minimum absolute atomic E-state index is 0.245. The highest BCUT2D eigenvalue weighted by Crippen LogP contribution is 2.27. The van der Waals surface area contributed by atoms with E-state index in [2.05, 4.69) is 16.8 Å². The number of hydrogen-bond acceptors (Lipinski definition) is 7. The molecule has 140 valence electrons. The molecular weight excluding hydrogens is 376 g/mol. The highest BCUT2D eigenvalue weighted by atomic mass is 32.2. The number of aromatic nitrogens is 1. The summed E-state index contributed by atoms with van der Waals surface area (Å²) in [6.45, 7) is 4.50. The molecular formula is C16H20N4O4S2. The Morgan fingerprint density at radius 2 is 1.92 bits per heavy atom. The van der Waals surface area contributed by atoms with Crippen molar-refractivity contribution in [3.63, 3.8) is 0 Å². The first-order chi connectivity index (χ1) is 12.4. The zero-order valence-corrected chi connectivity index (χ0v) is 16.0. The maximum Gasteiger partial charge on any atom is 0.289 e. The number of hydrogen-bond donors (Lipinski definition) is 0. The highest BCUT2D eigenvalue weighted by molar-refractivity contribution is 7.89. The molecule has 0 amide bonds. The normalized spacial score (nSPS) is 16.7. The van der Waals surface area contributed by atoms with E-state index >= 15 is 0 Å². The van der Waals surface area contributed by atoms with Crippen LogP contribution in [0.5, 0.6) is 0 Å². The van der Waals surface area contributed by atoms with Crippen LogP contribution in [0.15, 0.2) is 34.5 Å². The number of nitro groups is 1. The number of piperazine rings is 1. The van der Waals surface area contributed by atoms with Crippen LogP contribution in [0.4, 0.5) is 5.69 Å². The molecule has 0 unspecified atom stereocenters. The Morgan fingerprint density at radius 3 is 2.54 bits per heavy atom. The number of sulfonamides is 1. The van der Waals surface area contributed by atoms with E-state index in [0.29, 0.717) is 32.7 Å². The van der Waals surface area contributed by atoms with Crippen LogP contribution in [0.1, 0.15) is 17.6 Å². The van der Waals surface area contributed by atoms with Gasteiger partial charge in [0.15, 0.2) is 4.90 Å². The molecule has 0 aliphatic carbocycles. The minimum Gasteiger partial charge on any atom is -0.295 e. The van der Waals surface area contributed by atoms with Crippen LogP contribution >= 0.6 is 11.3 Å². The van der Waals surface area contributed by atoms with Crippen LogP contribution in [0.3, 0.4) is 0 Å². The van der Waals surface area contributed by atoms with Gasteiger partial charge < -0.3 is 0 Å². The third kappa shape index (κ3) is 3.93. The average molecular weight is 396 g/mol. The third-order valence-electron chi connectivity index (χ3n) is 4.30. The summed E-state index contributed by atoms with van der Waals surface area (Å²) in [6, 6.07) is 5.48. The molecule has 1 aromatic heterocycles. The lowest BCUT2D eigenvalue weighted by Crippen LogP contribution is -2.48. The summed E-state index contributed by atoms with van der Waals surface area (Å²) in [5.74, 6) is 0. The van der Waals surface area contributed by atoms with Crippen LogP contribution in [-0.2, 0) is 23.0 Å². The van der Waals surface area contributed by atoms with E-state index in [1.165, 1.54) is 28.6 Å². The number of para-hydroxylation sites is 1. The highest BCUT2D eigenvalue weighted by Gasteiger charge is 2.33. The standard InChI is InChI=1S/C16H20N4O4S2/c1-2-16-17-13(12-25-16)11-18-7-9-19(10-8-18)26(23,24)15-6-4-3-5-14(15)20(21)22/h3-6,12H,2,7-11H2,1H3. The van der Waals surface area contributed by atoms with E-state index in [-0.39, 0.29) is 10.6 Å². The van der Waals surface area contributed by atoms with Gasteiger partial charge in [-0.2, -0.15) is 4.31 Å². The van der Waals surface area contributed by atoms with Crippen LogP contribution in [-0.4, -0.2) is 53.7 Å². The molecule has 0 saturated carbocycles. The van der Waals surface area contributed by atoms with Crippen LogP contribution in [0.25, 0.3) is 0 Å². The van der Waals surface area contributed by atoms with E-state index in [9.17, 15) is 18.5 Å². The second-order valence-electron chi connectivity index (χ2n) is 5.99. The Bertz CT molecular complexity index is 889. The summed E-state index contributed by atoms with van der Waals surface area (Å²) in [5, 5.41) is 14.3. The van der Waals surface area contributed by atoms with Gasteiger partial charge in [0.25, 0.3) is 5.69 Å². The third-order valence-corrected chi connectivity index (χ3v) is 7.29. The molecule has 3 rings (SSSR count). The molecule has 0 N–H and O–H groups in total. The van der Waals surface area contributed by atoms with Crippen molar-refractivity contribution in [2.75, 3.05) is 26.2 Å². The Labute approximate surface area is 156 Å². The van der Waals surface area contributed by atoms with Gasteiger partial charge in [-0.25, -0.2) is 13.4 Å². The molecule has 1 fully saturated rings. The number of nitrogens with zero attached hydrogens (tertiary/aromatic N) is 4. The maximum absolute atomic E-state index is 12.8. The van der Waals surface area contributed by atoms with Crippen molar-refractivity contribution in [1.29, 1.82) is 0 Å². The lowest BCUT2D eigenvalue weighted by molar-refractivity contribution is -0.387. The molecule has 2 heterocycles. The summed E-state index contributed by atoms with van der Waals surface area (Å²) in [5.41, 5.74) is 0.617. The number of benzene rings is 1. The van der Waals surface area contributed by atoms with Crippen molar-refractivity contribution in [2.45, 2.75) is 24.8 Å². The topological polar surface area (TPSA) is 96.7 Å². The maximum atomic E-state index is 12.8. The second-order valence-corrected chi connectivity index (χ2v) is 8.84. The first-order valence-corrected chi connectivity index (χ1v) is 10.6. The van der Waals surface area contributed by atoms with Gasteiger partial charge in [0.05, 0.1) is 15.6 Å². The minimum atomic E-state index is -3.88. The largest absolute Gasteiger partial charge is 0.295 e. The molecule has 1 aromatic carbocycles. The molecule has 1 aliphatic rings. The fraction of sp³-hybridized carbons (Fsp3) is 0.438. The van der Waals surface area contributed by atoms with Crippen molar-refractivity contribution in [3.05, 3.63) is 50.5 Å². The van der Waals surface area contributed by atoms with E-state index in [0.717, 1.165) is 17.1 Å². The second kappa shape index (κ2) is 7.78. The zero-order chi connectivity index (χ0) is 18.7. The Morgan fingerprint density at radius 1 is 1.23 bits per heavy atom. The van der Waals surface area contributed by atoms with Crippen molar-refractivity contribution in [3.8, 4) is 0 Å². The van der Waals surface area contributed by atoms with Gasteiger partial charge in [-0.1, -0.05) is 19.1 Å². The fourth-order valence-corrected chi connectivity index (χ4v) is 5.22. The monoisotopic (exact) mass is 396 g/mol. The van der Waals surface area contributed by atoms with Gasteiger partial charge >= 0.3 is 0 Å². The smallest absolute Gasteiger partial charge is 0.289 e. The van der Waals surface area contributed by atoms with Gasteiger partial charge in [0.2, 0.25) is 10.0 Å². The number of nitro benzene ring substituents is 1. The molecule has 8 nitrogen and oxygen atoms in total.